The highest BCUT2D eigenvalue weighted by atomic mass is 32.2. The van der Waals surface area contributed by atoms with Crippen molar-refractivity contribution in [2.75, 3.05) is 33.8 Å². The van der Waals surface area contributed by atoms with Gasteiger partial charge in [0.05, 0.1) is 6.61 Å². The van der Waals surface area contributed by atoms with E-state index in [1.807, 2.05) is 43.3 Å². The fourth-order valence-electron chi connectivity index (χ4n) is 1.35. The van der Waals surface area contributed by atoms with E-state index in [4.69, 9.17) is 4.18 Å². The van der Waals surface area contributed by atoms with Crippen LogP contribution in [0.1, 0.15) is 23.7 Å². The van der Waals surface area contributed by atoms with Crippen molar-refractivity contribution >= 4 is 17.9 Å². The molecular weight excluding hydrogens is 260 g/mol. The Bertz CT molecular complexity index is 380. The lowest BCUT2D eigenvalue weighted by atomic mass is 10.2. The number of amides is 1. The second-order valence-corrected chi connectivity index (χ2v) is 5.36. The average molecular weight is 282 g/mol. The van der Waals surface area contributed by atoms with Crippen LogP contribution in [-0.4, -0.2) is 44.6 Å². The number of nitrogens with one attached hydrogen (secondary N) is 1. The first kappa shape index (κ1) is 16.0. The summed E-state index contributed by atoms with van der Waals surface area (Å²) in [6.45, 7) is 4.30. The molecule has 1 rings (SSSR count). The fourth-order valence-corrected chi connectivity index (χ4v) is 1.98. The quantitative estimate of drug-likeness (QED) is 0.587. The highest BCUT2D eigenvalue weighted by Gasteiger charge is 2.05. The van der Waals surface area contributed by atoms with Crippen molar-refractivity contribution in [3.63, 3.8) is 0 Å². The smallest absolute Gasteiger partial charge is 0.251 e. The van der Waals surface area contributed by atoms with Crippen molar-refractivity contribution in [3.8, 4) is 0 Å². The number of likely N-dealkylation sites (N-methyl/N-ethyl adjacent to an activating group) is 1. The number of nitrogens with zero attached hydrogens (tertiary/aromatic N) is 1. The van der Waals surface area contributed by atoms with Gasteiger partial charge in [0.15, 0.2) is 0 Å². The SMILES string of the molecule is CCCOSc1ccc(C(=O)NCCN(C)C)cc1. The van der Waals surface area contributed by atoms with Crippen LogP contribution in [0.15, 0.2) is 29.2 Å². The topological polar surface area (TPSA) is 41.6 Å². The van der Waals surface area contributed by atoms with Crippen molar-refractivity contribution in [3.05, 3.63) is 29.8 Å². The maximum atomic E-state index is 11.8. The van der Waals surface area contributed by atoms with Crippen LogP contribution in [0.2, 0.25) is 0 Å². The molecule has 0 radical (unpaired) electrons. The average Bonchev–Trinajstić information content (AvgIpc) is 2.39. The number of benzene rings is 1. The van der Waals surface area contributed by atoms with Gasteiger partial charge in [-0.1, -0.05) is 6.92 Å². The molecule has 0 heterocycles. The third kappa shape index (κ3) is 6.61. The van der Waals surface area contributed by atoms with Crippen molar-refractivity contribution in [1.82, 2.24) is 10.2 Å². The predicted octanol–water partition coefficient (Wildman–Crippen LogP) is 2.41. The molecule has 0 aliphatic rings. The number of carbonyl (C=O) groups excluding carboxylic acids is 1. The standard InChI is InChI=1S/C14H22N2O2S/c1-4-11-18-19-13-7-5-12(6-8-13)14(17)15-9-10-16(2)3/h5-8H,4,9-11H2,1-3H3,(H,15,17). The van der Waals surface area contributed by atoms with Crippen LogP contribution in [-0.2, 0) is 4.18 Å². The van der Waals surface area contributed by atoms with E-state index >= 15 is 0 Å². The highest BCUT2D eigenvalue weighted by Crippen LogP contribution is 2.19. The molecule has 5 heteroatoms. The molecule has 1 amide bonds. The normalized spacial score (nSPS) is 10.7. The number of carbonyl (C=O) groups is 1. The lowest BCUT2D eigenvalue weighted by Gasteiger charge is -2.10. The van der Waals surface area contributed by atoms with Gasteiger partial charge in [0.1, 0.15) is 0 Å². The Morgan fingerprint density at radius 2 is 2.00 bits per heavy atom. The van der Waals surface area contributed by atoms with Gasteiger partial charge in [-0.15, -0.1) is 0 Å². The van der Waals surface area contributed by atoms with Crippen LogP contribution in [0, 0.1) is 0 Å². The lowest BCUT2D eigenvalue weighted by molar-refractivity contribution is 0.0951. The minimum atomic E-state index is -0.0344. The van der Waals surface area contributed by atoms with Gasteiger partial charge in [0.25, 0.3) is 5.91 Å². The Balaban J connectivity index is 2.39. The molecule has 0 saturated heterocycles. The maximum absolute atomic E-state index is 11.8. The van der Waals surface area contributed by atoms with E-state index in [9.17, 15) is 4.79 Å². The van der Waals surface area contributed by atoms with E-state index in [2.05, 4.69) is 12.2 Å². The minimum absolute atomic E-state index is 0.0344. The van der Waals surface area contributed by atoms with E-state index < -0.39 is 0 Å². The first-order valence-electron chi connectivity index (χ1n) is 6.46. The largest absolute Gasteiger partial charge is 0.351 e. The summed E-state index contributed by atoms with van der Waals surface area (Å²) in [4.78, 5) is 14.9. The summed E-state index contributed by atoms with van der Waals surface area (Å²) in [7, 11) is 3.96. The number of rotatable bonds is 8. The zero-order valence-electron chi connectivity index (χ0n) is 11.8. The van der Waals surface area contributed by atoms with Crippen molar-refractivity contribution < 1.29 is 8.98 Å². The summed E-state index contributed by atoms with van der Waals surface area (Å²) in [5, 5.41) is 2.88. The molecule has 0 spiro atoms. The Hall–Kier alpha value is -1.04. The van der Waals surface area contributed by atoms with Crippen LogP contribution in [0.3, 0.4) is 0 Å². The second-order valence-electron chi connectivity index (χ2n) is 4.49. The number of hydrogen-bond donors (Lipinski definition) is 1. The van der Waals surface area contributed by atoms with Crippen molar-refractivity contribution in [2.45, 2.75) is 18.2 Å². The summed E-state index contributed by atoms with van der Waals surface area (Å²) < 4.78 is 5.37. The van der Waals surface area contributed by atoms with Crippen molar-refractivity contribution in [2.24, 2.45) is 0 Å². The van der Waals surface area contributed by atoms with Crippen LogP contribution in [0.25, 0.3) is 0 Å². The Morgan fingerprint density at radius 3 is 2.58 bits per heavy atom. The summed E-state index contributed by atoms with van der Waals surface area (Å²) in [5.41, 5.74) is 0.679. The van der Waals surface area contributed by atoms with Gasteiger partial charge in [-0.05, 0) is 44.8 Å². The molecule has 1 aromatic carbocycles. The van der Waals surface area contributed by atoms with Crippen LogP contribution < -0.4 is 5.32 Å². The van der Waals surface area contributed by atoms with E-state index in [1.165, 1.54) is 12.0 Å². The molecule has 0 aliphatic heterocycles. The Labute approximate surface area is 119 Å². The van der Waals surface area contributed by atoms with Gasteiger partial charge in [-0.3, -0.25) is 4.79 Å². The molecule has 0 aliphatic carbocycles. The van der Waals surface area contributed by atoms with Gasteiger partial charge in [0.2, 0.25) is 0 Å². The van der Waals surface area contributed by atoms with Crippen LogP contribution in [0.5, 0.6) is 0 Å². The molecule has 19 heavy (non-hydrogen) atoms. The summed E-state index contributed by atoms with van der Waals surface area (Å²) >= 11 is 1.35. The molecule has 0 atom stereocenters. The molecule has 0 saturated carbocycles. The van der Waals surface area contributed by atoms with Crippen molar-refractivity contribution in [1.29, 1.82) is 0 Å². The zero-order chi connectivity index (χ0) is 14.1. The number of hydrogen-bond acceptors (Lipinski definition) is 4. The fraction of sp³-hybridized carbons (Fsp3) is 0.500. The van der Waals surface area contributed by atoms with E-state index in [0.717, 1.165) is 24.5 Å². The maximum Gasteiger partial charge on any atom is 0.251 e. The highest BCUT2D eigenvalue weighted by molar-refractivity contribution is 7.94. The lowest BCUT2D eigenvalue weighted by Crippen LogP contribution is -2.31. The summed E-state index contributed by atoms with van der Waals surface area (Å²) in [5.74, 6) is -0.0344. The van der Waals surface area contributed by atoms with E-state index in [-0.39, 0.29) is 5.91 Å². The van der Waals surface area contributed by atoms with Gasteiger partial charge in [-0.2, -0.15) is 0 Å². The van der Waals surface area contributed by atoms with E-state index in [0.29, 0.717) is 12.1 Å². The molecule has 1 aromatic rings. The van der Waals surface area contributed by atoms with Crippen LogP contribution in [0.4, 0.5) is 0 Å². The molecule has 0 aromatic heterocycles. The van der Waals surface area contributed by atoms with Gasteiger partial charge >= 0.3 is 0 Å². The zero-order valence-corrected chi connectivity index (χ0v) is 12.6. The monoisotopic (exact) mass is 282 g/mol. The molecule has 1 N–H and O–H groups in total. The third-order valence-electron chi connectivity index (χ3n) is 2.40. The van der Waals surface area contributed by atoms with Crippen LogP contribution >= 0.6 is 12.0 Å². The molecule has 0 fully saturated rings. The molecule has 0 unspecified atom stereocenters. The first-order chi connectivity index (χ1) is 9.13. The molecule has 106 valence electrons. The van der Waals surface area contributed by atoms with Gasteiger partial charge < -0.3 is 14.4 Å². The van der Waals surface area contributed by atoms with E-state index in [1.54, 1.807) is 0 Å². The molecule has 0 bridgehead atoms. The first-order valence-corrected chi connectivity index (χ1v) is 7.20. The summed E-state index contributed by atoms with van der Waals surface area (Å²) in [6.07, 6.45) is 0.999. The summed E-state index contributed by atoms with van der Waals surface area (Å²) in [6, 6.07) is 7.45. The van der Waals surface area contributed by atoms with Gasteiger partial charge in [-0.25, -0.2) is 0 Å². The van der Waals surface area contributed by atoms with Gasteiger partial charge in [0, 0.05) is 35.6 Å². The minimum Gasteiger partial charge on any atom is -0.351 e. The predicted molar refractivity (Wildman–Crippen MR) is 79.4 cm³/mol. The third-order valence-corrected chi connectivity index (χ3v) is 3.15. The molecular formula is C14H22N2O2S. The Kier molecular flexibility index (Phi) is 7.55. The molecule has 4 nitrogen and oxygen atoms in total. The second kappa shape index (κ2) is 8.96. The Morgan fingerprint density at radius 1 is 1.32 bits per heavy atom.